The van der Waals surface area contributed by atoms with Gasteiger partial charge in [-0.2, -0.15) is 0 Å². The molecule has 1 aromatic carbocycles. The Hall–Kier alpha value is -0.620. The second-order valence-corrected chi connectivity index (χ2v) is 7.01. The highest BCUT2D eigenvalue weighted by Gasteiger charge is 2.04. The lowest BCUT2D eigenvalue weighted by Gasteiger charge is -2.23. The highest BCUT2D eigenvalue weighted by atomic mass is 35.5. The first-order chi connectivity index (χ1) is 8.58. The van der Waals surface area contributed by atoms with Crippen LogP contribution in [0.25, 0.3) is 0 Å². The van der Waals surface area contributed by atoms with Crippen molar-refractivity contribution >= 4 is 21.7 Å². The molecule has 0 amide bonds. The van der Waals surface area contributed by atoms with Crippen LogP contribution in [0.2, 0.25) is 5.02 Å². The summed E-state index contributed by atoms with van der Waals surface area (Å²) in [5, 5.41) is -0.0394. The van der Waals surface area contributed by atoms with E-state index in [0.29, 0.717) is 0 Å². The van der Waals surface area contributed by atoms with Gasteiger partial charge >= 0.3 is 0 Å². The molecule has 110 valence electrons. The molecule has 0 spiro atoms. The van der Waals surface area contributed by atoms with Crippen LogP contribution in [-0.2, 0) is 10.1 Å². The molecule has 0 aliphatic heterocycles. The van der Waals surface area contributed by atoms with Crippen LogP contribution in [0.15, 0.2) is 29.2 Å². The molecule has 19 heavy (non-hydrogen) atoms. The molecule has 0 N–H and O–H groups in total. The van der Waals surface area contributed by atoms with Crippen molar-refractivity contribution in [1.29, 1.82) is 0 Å². The standard InChI is InChI=1S/C7H18N.C6H5ClO3S/c1-5-6-7-8(2,3)4;7-5-3-1-2-4-6(5)11(8,9)10/h5-7H2,1-4H3;1-4H,(H,8,9,10)/q+1;/p-1. The van der Waals surface area contributed by atoms with Gasteiger partial charge in [-0.25, -0.2) is 8.42 Å². The Bertz CT molecular complexity index is 481. The van der Waals surface area contributed by atoms with Crippen LogP contribution in [0, 0.1) is 0 Å². The van der Waals surface area contributed by atoms with Crippen LogP contribution in [0.5, 0.6) is 0 Å². The number of hydrogen-bond donors (Lipinski definition) is 0. The van der Waals surface area contributed by atoms with Gasteiger partial charge in [0.15, 0.2) is 0 Å². The molecule has 0 unspecified atom stereocenters. The highest BCUT2D eigenvalue weighted by molar-refractivity contribution is 7.85. The molecule has 0 fully saturated rings. The van der Waals surface area contributed by atoms with Crippen LogP contribution >= 0.6 is 11.6 Å². The van der Waals surface area contributed by atoms with Gasteiger partial charge in [0, 0.05) is 0 Å². The van der Waals surface area contributed by atoms with E-state index in [4.69, 9.17) is 11.6 Å². The molecule has 1 aromatic rings. The van der Waals surface area contributed by atoms with Crippen LogP contribution in [0.3, 0.4) is 0 Å². The Morgan fingerprint density at radius 1 is 1.21 bits per heavy atom. The van der Waals surface area contributed by atoms with E-state index < -0.39 is 10.1 Å². The smallest absolute Gasteiger partial charge is 0.125 e. The summed E-state index contributed by atoms with van der Waals surface area (Å²) in [7, 11) is 2.28. The van der Waals surface area contributed by atoms with Gasteiger partial charge in [-0.15, -0.1) is 0 Å². The molecule has 6 heteroatoms. The molecule has 0 saturated carbocycles. The molecule has 0 aromatic heterocycles. The summed E-state index contributed by atoms with van der Waals surface area (Å²) in [6, 6.07) is 5.52. The van der Waals surface area contributed by atoms with E-state index in [-0.39, 0.29) is 9.92 Å². The zero-order valence-electron chi connectivity index (χ0n) is 11.9. The molecule has 0 heterocycles. The van der Waals surface area contributed by atoms with Crippen molar-refractivity contribution in [3.05, 3.63) is 29.3 Å². The SMILES string of the molecule is CCCC[N+](C)(C)C.O=S(=O)([O-])c1ccccc1Cl. The van der Waals surface area contributed by atoms with Gasteiger partial charge in [0.2, 0.25) is 0 Å². The molecule has 0 aliphatic carbocycles. The molecule has 0 saturated heterocycles. The van der Waals surface area contributed by atoms with Gasteiger partial charge in [-0.3, -0.25) is 0 Å². The second kappa shape index (κ2) is 7.85. The van der Waals surface area contributed by atoms with Gasteiger partial charge < -0.3 is 9.04 Å². The maximum Gasteiger partial charge on any atom is 0.125 e. The number of rotatable bonds is 4. The van der Waals surface area contributed by atoms with Gasteiger partial charge in [0.25, 0.3) is 0 Å². The third-order valence-corrected chi connectivity index (χ3v) is 3.62. The Kier molecular flexibility index (Phi) is 7.59. The lowest BCUT2D eigenvalue weighted by molar-refractivity contribution is -0.870. The quantitative estimate of drug-likeness (QED) is 0.635. The number of nitrogens with zero attached hydrogens (tertiary/aromatic N) is 1. The third-order valence-electron chi connectivity index (χ3n) is 2.29. The molecule has 0 bridgehead atoms. The summed E-state index contributed by atoms with van der Waals surface area (Å²) in [5.41, 5.74) is 0. The fraction of sp³-hybridized carbons (Fsp3) is 0.538. The third kappa shape index (κ3) is 8.99. The normalized spacial score (nSPS) is 11.7. The molecule has 1 rings (SSSR count). The minimum atomic E-state index is -4.42. The Balaban J connectivity index is 0.000000362. The predicted molar refractivity (Wildman–Crippen MR) is 77.2 cm³/mol. The summed E-state index contributed by atoms with van der Waals surface area (Å²) in [4.78, 5) is -0.373. The van der Waals surface area contributed by atoms with Crippen molar-refractivity contribution in [3.8, 4) is 0 Å². The first-order valence-electron chi connectivity index (χ1n) is 6.09. The Labute approximate surface area is 121 Å². The van der Waals surface area contributed by atoms with Crippen molar-refractivity contribution in [2.24, 2.45) is 0 Å². The maximum atomic E-state index is 10.4. The lowest BCUT2D eigenvalue weighted by Crippen LogP contribution is -2.35. The molecule has 0 atom stereocenters. The number of hydrogen-bond acceptors (Lipinski definition) is 3. The maximum absolute atomic E-state index is 10.4. The molecule has 4 nitrogen and oxygen atoms in total. The minimum Gasteiger partial charge on any atom is -0.744 e. The zero-order valence-corrected chi connectivity index (χ0v) is 13.5. The summed E-state index contributed by atoms with van der Waals surface area (Å²) in [5.74, 6) is 0. The largest absolute Gasteiger partial charge is 0.744 e. The fourth-order valence-electron chi connectivity index (χ4n) is 1.28. The Morgan fingerprint density at radius 3 is 2.00 bits per heavy atom. The summed E-state index contributed by atoms with van der Waals surface area (Å²) >= 11 is 5.43. The molecular weight excluding hydrogens is 286 g/mol. The van der Waals surface area contributed by atoms with Crippen molar-refractivity contribution in [2.45, 2.75) is 24.7 Å². The molecule has 0 aliphatic rings. The monoisotopic (exact) mass is 307 g/mol. The topological polar surface area (TPSA) is 57.2 Å². The lowest BCUT2D eigenvalue weighted by atomic mass is 10.3. The van der Waals surface area contributed by atoms with Crippen LogP contribution < -0.4 is 0 Å². The average Bonchev–Trinajstić information content (AvgIpc) is 2.25. The van der Waals surface area contributed by atoms with Crippen LogP contribution in [0.1, 0.15) is 19.8 Å². The van der Waals surface area contributed by atoms with Crippen molar-refractivity contribution in [3.63, 3.8) is 0 Å². The molecule has 0 radical (unpaired) electrons. The highest BCUT2D eigenvalue weighted by Crippen LogP contribution is 2.19. The van der Waals surface area contributed by atoms with Gasteiger partial charge in [-0.1, -0.05) is 37.1 Å². The summed E-state index contributed by atoms with van der Waals surface area (Å²) in [6.07, 6.45) is 2.67. The first-order valence-corrected chi connectivity index (χ1v) is 7.87. The number of halogens is 1. The van der Waals surface area contributed by atoms with Crippen molar-refractivity contribution < 1.29 is 17.5 Å². The summed E-state index contributed by atoms with van der Waals surface area (Å²) < 4.78 is 32.3. The average molecular weight is 308 g/mol. The van der Waals surface area contributed by atoms with E-state index in [1.54, 1.807) is 6.07 Å². The van der Waals surface area contributed by atoms with Crippen LogP contribution in [-0.4, -0.2) is 45.1 Å². The zero-order chi connectivity index (χ0) is 15.1. The molecular formula is C13H22ClNO3S. The van der Waals surface area contributed by atoms with Crippen LogP contribution in [0.4, 0.5) is 0 Å². The van der Waals surface area contributed by atoms with Gasteiger partial charge in [0.05, 0.1) is 37.6 Å². The van der Waals surface area contributed by atoms with Crippen molar-refractivity contribution in [2.75, 3.05) is 27.7 Å². The number of benzene rings is 1. The minimum absolute atomic E-state index is 0.0394. The van der Waals surface area contributed by atoms with E-state index in [1.807, 2.05) is 0 Å². The van der Waals surface area contributed by atoms with E-state index in [0.717, 1.165) is 4.48 Å². The van der Waals surface area contributed by atoms with E-state index in [9.17, 15) is 13.0 Å². The second-order valence-electron chi connectivity index (χ2n) is 5.25. The first kappa shape index (κ1) is 18.4. The summed E-state index contributed by atoms with van der Waals surface area (Å²) in [6.45, 7) is 3.53. The van der Waals surface area contributed by atoms with E-state index in [2.05, 4.69) is 28.1 Å². The van der Waals surface area contributed by atoms with Crippen molar-refractivity contribution in [1.82, 2.24) is 0 Å². The fourth-order valence-corrected chi connectivity index (χ4v) is 2.25. The van der Waals surface area contributed by atoms with E-state index >= 15 is 0 Å². The van der Waals surface area contributed by atoms with Gasteiger partial charge in [-0.05, 0) is 18.6 Å². The van der Waals surface area contributed by atoms with E-state index in [1.165, 1.54) is 37.6 Å². The number of unbranched alkanes of at least 4 members (excludes halogenated alkanes) is 1. The Morgan fingerprint density at radius 2 is 1.74 bits per heavy atom. The predicted octanol–water partition coefficient (Wildman–Crippen LogP) is 2.74. The number of quaternary nitrogens is 1. The van der Waals surface area contributed by atoms with Gasteiger partial charge in [0.1, 0.15) is 10.1 Å².